The fourth-order valence-electron chi connectivity index (χ4n) is 3.69. The van der Waals surface area contributed by atoms with Gasteiger partial charge in [0.15, 0.2) is 0 Å². The largest absolute Gasteiger partial charge is 0.434 e. The van der Waals surface area contributed by atoms with Gasteiger partial charge in [0.05, 0.1) is 0 Å². The number of hydrogen-bond donors (Lipinski definition) is 1. The SMILES string of the molecule is O=C(OC(C(F)(F)F)C(F)(F)F)N1CCN(Cc2ccc(Cl)cc2N2CCNCC2)CC1. The molecule has 2 heterocycles. The fourth-order valence-corrected chi connectivity index (χ4v) is 3.86. The van der Waals surface area contributed by atoms with Gasteiger partial charge in [0, 0.05) is 69.6 Å². The first kappa shape index (κ1) is 24.7. The second-order valence-corrected chi connectivity index (χ2v) is 8.06. The first-order chi connectivity index (χ1) is 14.9. The van der Waals surface area contributed by atoms with Gasteiger partial charge in [-0.05, 0) is 17.7 Å². The van der Waals surface area contributed by atoms with Gasteiger partial charge in [-0.3, -0.25) is 4.90 Å². The third kappa shape index (κ3) is 6.32. The first-order valence-electron chi connectivity index (χ1n) is 10.0. The molecule has 2 aliphatic rings. The lowest BCUT2D eigenvalue weighted by Crippen LogP contribution is -2.52. The van der Waals surface area contributed by atoms with Crippen LogP contribution in [0, 0.1) is 0 Å². The Kier molecular flexibility index (Phi) is 7.66. The lowest BCUT2D eigenvalue weighted by Gasteiger charge is -2.36. The molecule has 2 saturated heterocycles. The van der Waals surface area contributed by atoms with Crippen LogP contribution in [0.4, 0.5) is 36.8 Å². The lowest BCUT2D eigenvalue weighted by molar-refractivity contribution is -0.308. The van der Waals surface area contributed by atoms with Crippen molar-refractivity contribution >= 4 is 23.4 Å². The van der Waals surface area contributed by atoms with Crippen molar-refractivity contribution in [2.45, 2.75) is 25.0 Å². The standard InChI is InChI=1S/C19H23ClF6N4O2/c20-14-2-1-13(15(11-14)29-5-3-27-4-6-29)12-28-7-9-30(10-8-28)17(31)32-16(18(21,22)23)19(24,25)26/h1-2,11,16,27H,3-10,12H2. The summed E-state index contributed by atoms with van der Waals surface area (Å²) in [5.74, 6) is 0. The molecule has 0 spiro atoms. The summed E-state index contributed by atoms with van der Waals surface area (Å²) in [5, 5.41) is 3.87. The Balaban J connectivity index is 1.59. The molecule has 0 saturated carbocycles. The Morgan fingerprint density at radius 2 is 1.59 bits per heavy atom. The number of hydrogen-bond acceptors (Lipinski definition) is 5. The molecule has 2 fully saturated rings. The van der Waals surface area contributed by atoms with E-state index in [2.05, 4.69) is 15.0 Å². The van der Waals surface area contributed by atoms with Crippen LogP contribution in [0.15, 0.2) is 18.2 Å². The predicted molar refractivity (Wildman–Crippen MR) is 106 cm³/mol. The summed E-state index contributed by atoms with van der Waals surface area (Å²) < 4.78 is 79.5. The van der Waals surface area contributed by atoms with Gasteiger partial charge < -0.3 is 19.9 Å². The lowest BCUT2D eigenvalue weighted by atomic mass is 10.1. The monoisotopic (exact) mass is 488 g/mol. The first-order valence-corrected chi connectivity index (χ1v) is 10.4. The van der Waals surface area contributed by atoms with E-state index in [9.17, 15) is 31.1 Å². The van der Waals surface area contributed by atoms with E-state index in [1.165, 1.54) is 0 Å². The molecule has 2 aliphatic heterocycles. The molecule has 6 nitrogen and oxygen atoms in total. The topological polar surface area (TPSA) is 48.1 Å². The molecule has 3 rings (SSSR count). The molecule has 13 heteroatoms. The van der Waals surface area contributed by atoms with Crippen LogP contribution in [0.3, 0.4) is 0 Å². The molecule has 180 valence electrons. The minimum absolute atomic E-state index is 0.0438. The van der Waals surface area contributed by atoms with Crippen LogP contribution >= 0.6 is 11.6 Å². The van der Waals surface area contributed by atoms with Crippen molar-refractivity contribution in [1.82, 2.24) is 15.1 Å². The number of benzene rings is 1. The number of rotatable bonds is 4. The minimum Gasteiger partial charge on any atom is -0.426 e. The van der Waals surface area contributed by atoms with Crippen LogP contribution < -0.4 is 10.2 Å². The summed E-state index contributed by atoms with van der Waals surface area (Å²) in [5.41, 5.74) is 1.99. The van der Waals surface area contributed by atoms with Crippen LogP contribution in [0.25, 0.3) is 0 Å². The highest BCUT2D eigenvalue weighted by molar-refractivity contribution is 6.30. The molecule has 1 N–H and O–H groups in total. The normalized spacial score (nSPS) is 18.9. The Labute approximate surface area is 186 Å². The Hall–Kier alpha value is -1.92. The number of nitrogens with zero attached hydrogens (tertiary/aromatic N) is 3. The Morgan fingerprint density at radius 3 is 2.16 bits per heavy atom. The van der Waals surface area contributed by atoms with E-state index in [4.69, 9.17) is 11.6 Å². The maximum absolute atomic E-state index is 12.6. The molecule has 1 aromatic rings. The van der Waals surface area contributed by atoms with Crippen molar-refractivity contribution in [2.24, 2.45) is 0 Å². The van der Waals surface area contributed by atoms with Crippen LogP contribution in [0.2, 0.25) is 5.02 Å². The number of amides is 1. The molecule has 0 radical (unpaired) electrons. The maximum atomic E-state index is 12.6. The van der Waals surface area contributed by atoms with E-state index in [1.54, 1.807) is 6.07 Å². The molecular weight excluding hydrogens is 466 g/mol. The predicted octanol–water partition coefficient (Wildman–Crippen LogP) is 3.50. The summed E-state index contributed by atoms with van der Waals surface area (Å²) in [6.07, 6.45) is -17.2. The number of carbonyl (C=O) groups is 1. The molecule has 1 aromatic carbocycles. The summed E-state index contributed by atoms with van der Waals surface area (Å²) in [6, 6.07) is 5.55. The Morgan fingerprint density at radius 1 is 1.00 bits per heavy atom. The summed E-state index contributed by atoms with van der Waals surface area (Å²) >= 11 is 6.16. The van der Waals surface area contributed by atoms with E-state index in [1.807, 2.05) is 17.0 Å². The van der Waals surface area contributed by atoms with Gasteiger partial charge in [0.25, 0.3) is 6.10 Å². The highest BCUT2D eigenvalue weighted by atomic mass is 35.5. The van der Waals surface area contributed by atoms with Crippen molar-refractivity contribution in [1.29, 1.82) is 0 Å². The zero-order valence-corrected chi connectivity index (χ0v) is 17.7. The maximum Gasteiger partial charge on any atom is 0.434 e. The Bertz CT molecular complexity index is 779. The van der Waals surface area contributed by atoms with Crippen molar-refractivity contribution < 1.29 is 35.9 Å². The smallest absolute Gasteiger partial charge is 0.426 e. The molecule has 0 bridgehead atoms. The molecule has 0 atom stereocenters. The fraction of sp³-hybridized carbons (Fsp3) is 0.632. The van der Waals surface area contributed by atoms with Gasteiger partial charge in [-0.2, -0.15) is 26.3 Å². The number of carbonyl (C=O) groups excluding carboxylic acids is 1. The zero-order valence-electron chi connectivity index (χ0n) is 17.0. The van der Waals surface area contributed by atoms with Crippen molar-refractivity contribution in [3.8, 4) is 0 Å². The second-order valence-electron chi connectivity index (χ2n) is 7.62. The van der Waals surface area contributed by atoms with Crippen LogP contribution in [-0.2, 0) is 11.3 Å². The number of ether oxygens (including phenoxy) is 1. The van der Waals surface area contributed by atoms with Gasteiger partial charge in [0.2, 0.25) is 0 Å². The van der Waals surface area contributed by atoms with E-state index >= 15 is 0 Å². The van der Waals surface area contributed by atoms with E-state index in [-0.39, 0.29) is 26.2 Å². The highest BCUT2D eigenvalue weighted by Gasteiger charge is 2.60. The van der Waals surface area contributed by atoms with E-state index in [0.29, 0.717) is 11.6 Å². The third-order valence-corrected chi connectivity index (χ3v) is 5.58. The molecule has 1 amide bonds. The number of anilines is 1. The van der Waals surface area contributed by atoms with Gasteiger partial charge in [-0.15, -0.1) is 0 Å². The number of halogens is 7. The average Bonchev–Trinajstić information content (AvgIpc) is 2.72. The van der Waals surface area contributed by atoms with Gasteiger partial charge in [-0.1, -0.05) is 17.7 Å². The molecular formula is C19H23ClF6N4O2. The molecule has 0 unspecified atom stereocenters. The van der Waals surface area contributed by atoms with Gasteiger partial charge in [-0.25, -0.2) is 4.79 Å². The average molecular weight is 489 g/mol. The highest BCUT2D eigenvalue weighted by Crippen LogP contribution is 2.36. The van der Waals surface area contributed by atoms with Gasteiger partial charge >= 0.3 is 18.4 Å². The molecule has 32 heavy (non-hydrogen) atoms. The number of alkyl halides is 6. The number of nitrogens with one attached hydrogen (secondary N) is 1. The molecule has 0 aliphatic carbocycles. The van der Waals surface area contributed by atoms with E-state index in [0.717, 1.165) is 42.3 Å². The van der Waals surface area contributed by atoms with Crippen molar-refractivity contribution in [3.63, 3.8) is 0 Å². The summed E-state index contributed by atoms with van der Waals surface area (Å²) in [6.45, 7) is 4.28. The van der Waals surface area contributed by atoms with Crippen molar-refractivity contribution in [2.75, 3.05) is 57.3 Å². The third-order valence-electron chi connectivity index (χ3n) is 5.34. The summed E-state index contributed by atoms with van der Waals surface area (Å²) in [7, 11) is 0. The van der Waals surface area contributed by atoms with Crippen LogP contribution in [0.5, 0.6) is 0 Å². The quantitative estimate of drug-likeness (QED) is 0.658. The number of piperazine rings is 2. The minimum atomic E-state index is -5.73. The van der Waals surface area contributed by atoms with Crippen LogP contribution in [-0.4, -0.2) is 86.7 Å². The van der Waals surface area contributed by atoms with Crippen LogP contribution in [0.1, 0.15) is 5.56 Å². The second kappa shape index (κ2) is 9.92. The molecule has 0 aromatic heterocycles. The summed E-state index contributed by atoms with van der Waals surface area (Å²) in [4.78, 5) is 17.0. The zero-order chi connectivity index (χ0) is 23.5. The van der Waals surface area contributed by atoms with Gasteiger partial charge in [0.1, 0.15) is 0 Å². The van der Waals surface area contributed by atoms with E-state index < -0.39 is 24.5 Å². The van der Waals surface area contributed by atoms with Crippen molar-refractivity contribution in [3.05, 3.63) is 28.8 Å².